The Morgan fingerprint density at radius 1 is 1.38 bits per heavy atom. The SMILES string of the molecule is CSCc1nnc(SC(C(=O)NC2CCCC2)C(C)C)o1. The van der Waals surface area contributed by atoms with Crippen molar-refractivity contribution in [1.29, 1.82) is 0 Å². The fraction of sp³-hybridized carbons (Fsp3) is 0.786. The lowest BCUT2D eigenvalue weighted by Gasteiger charge is -2.20. The van der Waals surface area contributed by atoms with E-state index in [0.29, 0.717) is 22.9 Å². The van der Waals surface area contributed by atoms with Gasteiger partial charge in [0, 0.05) is 6.04 Å². The van der Waals surface area contributed by atoms with Crippen LogP contribution in [0.1, 0.15) is 45.4 Å². The van der Waals surface area contributed by atoms with Gasteiger partial charge in [-0.05, 0) is 25.0 Å². The summed E-state index contributed by atoms with van der Waals surface area (Å²) in [7, 11) is 0. The van der Waals surface area contributed by atoms with Crippen LogP contribution < -0.4 is 5.32 Å². The number of hydrogen-bond acceptors (Lipinski definition) is 6. The Bertz CT molecular complexity index is 459. The number of aromatic nitrogens is 2. The molecule has 1 aromatic rings. The summed E-state index contributed by atoms with van der Waals surface area (Å²) in [5, 5.41) is 11.5. The van der Waals surface area contributed by atoms with E-state index in [1.54, 1.807) is 11.8 Å². The van der Waals surface area contributed by atoms with Gasteiger partial charge in [-0.3, -0.25) is 4.79 Å². The number of rotatable bonds is 7. The fourth-order valence-corrected chi connectivity index (χ4v) is 3.68. The molecule has 0 bridgehead atoms. The van der Waals surface area contributed by atoms with Gasteiger partial charge in [-0.2, -0.15) is 11.8 Å². The van der Waals surface area contributed by atoms with Gasteiger partial charge in [0.05, 0.1) is 11.0 Å². The number of nitrogens with zero attached hydrogens (tertiary/aromatic N) is 2. The van der Waals surface area contributed by atoms with E-state index in [2.05, 4.69) is 15.5 Å². The highest BCUT2D eigenvalue weighted by Crippen LogP contribution is 2.28. The minimum absolute atomic E-state index is 0.0894. The Labute approximate surface area is 134 Å². The van der Waals surface area contributed by atoms with Crippen molar-refractivity contribution in [2.75, 3.05) is 6.26 Å². The van der Waals surface area contributed by atoms with Gasteiger partial charge in [0.15, 0.2) is 0 Å². The van der Waals surface area contributed by atoms with Gasteiger partial charge in [0.1, 0.15) is 0 Å². The van der Waals surface area contributed by atoms with Crippen LogP contribution in [0.2, 0.25) is 0 Å². The lowest BCUT2D eigenvalue weighted by atomic mass is 10.1. The van der Waals surface area contributed by atoms with Crippen LogP contribution in [-0.2, 0) is 10.5 Å². The van der Waals surface area contributed by atoms with Crippen molar-refractivity contribution in [2.24, 2.45) is 5.92 Å². The first-order valence-corrected chi connectivity index (χ1v) is 9.66. The summed E-state index contributed by atoms with van der Waals surface area (Å²) in [4.78, 5) is 12.5. The molecular weight excluding hydrogens is 306 g/mol. The van der Waals surface area contributed by atoms with E-state index in [-0.39, 0.29) is 17.1 Å². The van der Waals surface area contributed by atoms with E-state index in [1.807, 2.05) is 20.1 Å². The van der Waals surface area contributed by atoms with Gasteiger partial charge < -0.3 is 9.73 Å². The molecule has 1 unspecified atom stereocenters. The van der Waals surface area contributed by atoms with Crippen molar-refractivity contribution in [2.45, 2.75) is 61.8 Å². The second-order valence-corrected chi connectivity index (χ2v) is 7.63. The number of amides is 1. The van der Waals surface area contributed by atoms with E-state index in [1.165, 1.54) is 24.6 Å². The van der Waals surface area contributed by atoms with Gasteiger partial charge in [-0.15, -0.1) is 10.2 Å². The molecule has 5 nitrogen and oxygen atoms in total. The second kappa shape index (κ2) is 8.08. The summed E-state index contributed by atoms with van der Waals surface area (Å²) in [5.41, 5.74) is 0. The second-order valence-electron chi connectivity index (χ2n) is 5.67. The quantitative estimate of drug-likeness (QED) is 0.775. The van der Waals surface area contributed by atoms with Crippen LogP contribution in [-0.4, -0.2) is 33.7 Å². The van der Waals surface area contributed by atoms with Crippen molar-refractivity contribution in [1.82, 2.24) is 15.5 Å². The average Bonchev–Trinajstić information content (AvgIpc) is 3.07. The van der Waals surface area contributed by atoms with E-state index < -0.39 is 0 Å². The van der Waals surface area contributed by atoms with Crippen LogP contribution in [0.15, 0.2) is 9.64 Å². The predicted molar refractivity (Wildman–Crippen MR) is 86.4 cm³/mol. The van der Waals surface area contributed by atoms with Crippen LogP contribution in [0, 0.1) is 5.92 Å². The number of thioether (sulfide) groups is 2. The third-order valence-corrected chi connectivity index (χ3v) is 5.42. The molecule has 1 heterocycles. The summed E-state index contributed by atoms with van der Waals surface area (Å²) >= 11 is 3.01. The van der Waals surface area contributed by atoms with E-state index >= 15 is 0 Å². The lowest BCUT2D eigenvalue weighted by Crippen LogP contribution is -2.40. The molecule has 0 radical (unpaired) electrons. The molecule has 1 saturated carbocycles. The van der Waals surface area contributed by atoms with E-state index in [0.717, 1.165) is 12.8 Å². The standard InChI is InChI=1S/C14H23N3O2S2/c1-9(2)12(13(18)15-10-6-4-5-7-10)21-14-17-16-11(19-14)8-20-3/h9-10,12H,4-8H2,1-3H3,(H,15,18). The minimum Gasteiger partial charge on any atom is -0.415 e. The minimum atomic E-state index is -0.187. The first-order valence-electron chi connectivity index (χ1n) is 7.38. The monoisotopic (exact) mass is 329 g/mol. The number of carbonyl (C=O) groups is 1. The maximum Gasteiger partial charge on any atom is 0.277 e. The normalized spacial score (nSPS) is 17.3. The van der Waals surface area contributed by atoms with Crippen LogP contribution in [0.4, 0.5) is 0 Å². The van der Waals surface area contributed by atoms with Crippen molar-refractivity contribution in [3.63, 3.8) is 0 Å². The molecule has 2 rings (SSSR count). The number of hydrogen-bond donors (Lipinski definition) is 1. The molecule has 1 aliphatic carbocycles. The molecule has 0 aliphatic heterocycles. The molecule has 21 heavy (non-hydrogen) atoms. The molecule has 0 aromatic carbocycles. The topological polar surface area (TPSA) is 68.0 Å². The molecule has 1 atom stereocenters. The lowest BCUT2D eigenvalue weighted by molar-refractivity contribution is -0.121. The maximum atomic E-state index is 12.5. The molecular formula is C14H23N3O2S2. The van der Waals surface area contributed by atoms with Crippen molar-refractivity contribution in [3.05, 3.63) is 5.89 Å². The Morgan fingerprint density at radius 3 is 2.71 bits per heavy atom. The molecule has 1 aliphatic rings. The average molecular weight is 329 g/mol. The molecule has 7 heteroatoms. The Kier molecular flexibility index (Phi) is 6.41. The van der Waals surface area contributed by atoms with Crippen molar-refractivity contribution < 1.29 is 9.21 Å². The Balaban J connectivity index is 1.95. The number of carbonyl (C=O) groups excluding carboxylic acids is 1. The molecule has 1 fully saturated rings. The Morgan fingerprint density at radius 2 is 2.10 bits per heavy atom. The van der Waals surface area contributed by atoms with Crippen LogP contribution in [0.25, 0.3) is 0 Å². The molecule has 0 saturated heterocycles. The predicted octanol–water partition coefficient (Wildman–Crippen LogP) is 3.11. The van der Waals surface area contributed by atoms with Gasteiger partial charge in [0.25, 0.3) is 5.22 Å². The number of nitrogens with one attached hydrogen (secondary N) is 1. The van der Waals surface area contributed by atoms with Gasteiger partial charge in [-0.1, -0.05) is 38.5 Å². The van der Waals surface area contributed by atoms with Crippen LogP contribution in [0.5, 0.6) is 0 Å². The summed E-state index contributed by atoms with van der Waals surface area (Å²) < 4.78 is 5.56. The Hall–Kier alpha value is -0.690. The zero-order valence-electron chi connectivity index (χ0n) is 12.8. The van der Waals surface area contributed by atoms with E-state index in [9.17, 15) is 4.79 Å². The summed E-state index contributed by atoms with van der Waals surface area (Å²) in [5.74, 6) is 1.62. The maximum absolute atomic E-state index is 12.5. The van der Waals surface area contributed by atoms with Gasteiger partial charge in [-0.25, -0.2) is 0 Å². The molecule has 0 spiro atoms. The summed E-state index contributed by atoms with van der Waals surface area (Å²) in [6.45, 7) is 4.09. The summed E-state index contributed by atoms with van der Waals surface area (Å²) in [6, 6.07) is 0.342. The highest BCUT2D eigenvalue weighted by molar-refractivity contribution is 8.00. The largest absolute Gasteiger partial charge is 0.415 e. The third kappa shape index (κ3) is 4.92. The summed E-state index contributed by atoms with van der Waals surface area (Å²) in [6.07, 6.45) is 6.61. The smallest absolute Gasteiger partial charge is 0.277 e. The van der Waals surface area contributed by atoms with Gasteiger partial charge in [0.2, 0.25) is 11.8 Å². The van der Waals surface area contributed by atoms with E-state index in [4.69, 9.17) is 4.42 Å². The highest BCUT2D eigenvalue weighted by Gasteiger charge is 2.28. The van der Waals surface area contributed by atoms with Crippen molar-refractivity contribution >= 4 is 29.4 Å². The van der Waals surface area contributed by atoms with Crippen molar-refractivity contribution in [3.8, 4) is 0 Å². The van der Waals surface area contributed by atoms with Crippen LogP contribution >= 0.6 is 23.5 Å². The van der Waals surface area contributed by atoms with Gasteiger partial charge >= 0.3 is 0 Å². The molecule has 1 amide bonds. The molecule has 1 N–H and O–H groups in total. The molecule has 118 valence electrons. The van der Waals surface area contributed by atoms with Crippen LogP contribution in [0.3, 0.4) is 0 Å². The third-order valence-electron chi connectivity index (χ3n) is 3.51. The first-order chi connectivity index (χ1) is 10.1. The zero-order chi connectivity index (χ0) is 15.2. The fourth-order valence-electron chi connectivity index (χ4n) is 2.42. The zero-order valence-corrected chi connectivity index (χ0v) is 14.4. The molecule has 1 aromatic heterocycles. The highest BCUT2D eigenvalue weighted by atomic mass is 32.2. The first kappa shape index (κ1) is 16.7.